The van der Waals surface area contributed by atoms with Crippen molar-refractivity contribution in [3.63, 3.8) is 0 Å². The SMILES string of the molecule is CN(CC(C)(C)C)C(=O)c1ccc(S)cc1. The molecule has 0 spiro atoms. The maximum atomic E-state index is 12.0. The van der Waals surface area contributed by atoms with Crippen molar-refractivity contribution >= 4 is 18.5 Å². The van der Waals surface area contributed by atoms with Gasteiger partial charge in [-0.15, -0.1) is 12.6 Å². The zero-order chi connectivity index (χ0) is 12.3. The van der Waals surface area contributed by atoms with E-state index in [1.807, 2.05) is 31.3 Å². The minimum Gasteiger partial charge on any atom is -0.341 e. The lowest BCUT2D eigenvalue weighted by Crippen LogP contribution is -2.34. The lowest BCUT2D eigenvalue weighted by Gasteiger charge is -2.26. The number of hydrogen-bond acceptors (Lipinski definition) is 2. The number of carbonyl (C=O) groups excluding carboxylic acids is 1. The molecular formula is C13H19NOS. The molecule has 0 radical (unpaired) electrons. The van der Waals surface area contributed by atoms with E-state index in [0.29, 0.717) is 5.56 Å². The average Bonchev–Trinajstić information content (AvgIpc) is 2.15. The third-order valence-corrected chi connectivity index (χ3v) is 2.47. The van der Waals surface area contributed by atoms with Crippen LogP contribution < -0.4 is 0 Å². The van der Waals surface area contributed by atoms with Crippen LogP contribution >= 0.6 is 12.6 Å². The van der Waals surface area contributed by atoms with E-state index in [1.165, 1.54) is 0 Å². The Morgan fingerprint density at radius 3 is 2.19 bits per heavy atom. The van der Waals surface area contributed by atoms with Crippen molar-refractivity contribution < 1.29 is 4.79 Å². The van der Waals surface area contributed by atoms with E-state index < -0.39 is 0 Å². The smallest absolute Gasteiger partial charge is 0.253 e. The highest BCUT2D eigenvalue weighted by atomic mass is 32.1. The summed E-state index contributed by atoms with van der Waals surface area (Å²) in [5.41, 5.74) is 0.831. The summed E-state index contributed by atoms with van der Waals surface area (Å²) in [6, 6.07) is 7.29. The van der Waals surface area contributed by atoms with Gasteiger partial charge in [-0.25, -0.2) is 0 Å². The molecule has 1 aromatic carbocycles. The van der Waals surface area contributed by atoms with Crippen molar-refractivity contribution in [1.29, 1.82) is 0 Å². The predicted octanol–water partition coefficient (Wildman–Crippen LogP) is 3.09. The average molecular weight is 237 g/mol. The Bertz CT molecular complexity index is 365. The zero-order valence-corrected chi connectivity index (χ0v) is 11.2. The Hall–Kier alpha value is -0.960. The second kappa shape index (κ2) is 4.91. The minimum absolute atomic E-state index is 0.0586. The highest BCUT2D eigenvalue weighted by Crippen LogP contribution is 2.16. The first-order valence-corrected chi connectivity index (χ1v) is 5.79. The zero-order valence-electron chi connectivity index (χ0n) is 10.3. The standard InChI is InChI=1S/C13H19NOS/c1-13(2,3)9-14(4)12(15)10-5-7-11(16)8-6-10/h5-8,16H,9H2,1-4H3. The number of carbonyl (C=O) groups is 1. The topological polar surface area (TPSA) is 20.3 Å². The Labute approximate surface area is 103 Å². The fourth-order valence-electron chi connectivity index (χ4n) is 1.61. The first-order valence-electron chi connectivity index (χ1n) is 5.34. The van der Waals surface area contributed by atoms with Gasteiger partial charge in [-0.05, 0) is 29.7 Å². The molecule has 16 heavy (non-hydrogen) atoms. The van der Waals surface area contributed by atoms with Gasteiger partial charge in [0.1, 0.15) is 0 Å². The van der Waals surface area contributed by atoms with Crippen LogP contribution in [-0.2, 0) is 0 Å². The maximum Gasteiger partial charge on any atom is 0.253 e. The van der Waals surface area contributed by atoms with E-state index >= 15 is 0 Å². The summed E-state index contributed by atoms with van der Waals surface area (Å²) in [5.74, 6) is 0.0586. The Balaban J connectivity index is 2.74. The molecule has 0 aliphatic heterocycles. The van der Waals surface area contributed by atoms with Gasteiger partial charge in [-0.2, -0.15) is 0 Å². The number of rotatable bonds is 2. The summed E-state index contributed by atoms with van der Waals surface area (Å²) in [7, 11) is 1.84. The molecule has 0 aromatic heterocycles. The molecule has 0 atom stereocenters. The molecule has 0 aliphatic rings. The molecule has 3 heteroatoms. The van der Waals surface area contributed by atoms with E-state index in [0.717, 1.165) is 11.4 Å². The van der Waals surface area contributed by atoms with Crippen LogP contribution in [0.25, 0.3) is 0 Å². The fourth-order valence-corrected chi connectivity index (χ4v) is 1.76. The van der Waals surface area contributed by atoms with Crippen LogP contribution in [0.3, 0.4) is 0 Å². The number of nitrogens with zero attached hydrogens (tertiary/aromatic N) is 1. The molecule has 88 valence electrons. The molecule has 0 heterocycles. The predicted molar refractivity (Wildman–Crippen MR) is 70.1 cm³/mol. The molecule has 0 bridgehead atoms. The van der Waals surface area contributed by atoms with Crippen molar-refractivity contribution in [3.8, 4) is 0 Å². The molecule has 0 unspecified atom stereocenters. The third kappa shape index (κ3) is 3.89. The lowest BCUT2D eigenvalue weighted by molar-refractivity contribution is 0.0745. The quantitative estimate of drug-likeness (QED) is 0.784. The van der Waals surface area contributed by atoms with E-state index in [9.17, 15) is 4.79 Å². The van der Waals surface area contributed by atoms with Gasteiger partial charge in [0, 0.05) is 24.1 Å². The van der Waals surface area contributed by atoms with Crippen molar-refractivity contribution in [2.24, 2.45) is 5.41 Å². The molecular weight excluding hydrogens is 218 g/mol. The minimum atomic E-state index is 0.0586. The fraction of sp³-hybridized carbons (Fsp3) is 0.462. The summed E-state index contributed by atoms with van der Waals surface area (Å²) in [6.45, 7) is 7.10. The van der Waals surface area contributed by atoms with Gasteiger partial charge in [-0.1, -0.05) is 20.8 Å². The van der Waals surface area contributed by atoms with Gasteiger partial charge in [0.25, 0.3) is 5.91 Å². The van der Waals surface area contributed by atoms with E-state index in [1.54, 1.807) is 4.90 Å². The van der Waals surface area contributed by atoms with Crippen LogP contribution in [0.2, 0.25) is 0 Å². The van der Waals surface area contributed by atoms with Crippen molar-refractivity contribution in [2.45, 2.75) is 25.7 Å². The Morgan fingerprint density at radius 1 is 1.25 bits per heavy atom. The molecule has 1 aromatic rings. The molecule has 1 amide bonds. The van der Waals surface area contributed by atoms with Crippen LogP contribution in [0.4, 0.5) is 0 Å². The van der Waals surface area contributed by atoms with Crippen LogP contribution in [0.5, 0.6) is 0 Å². The van der Waals surface area contributed by atoms with Gasteiger partial charge < -0.3 is 4.90 Å². The van der Waals surface area contributed by atoms with Gasteiger partial charge >= 0.3 is 0 Å². The highest BCUT2D eigenvalue weighted by molar-refractivity contribution is 7.80. The summed E-state index contributed by atoms with van der Waals surface area (Å²) >= 11 is 4.20. The van der Waals surface area contributed by atoms with Crippen LogP contribution in [0.15, 0.2) is 29.2 Å². The molecule has 2 nitrogen and oxygen atoms in total. The second-order valence-corrected chi connectivity index (χ2v) is 5.79. The summed E-state index contributed by atoms with van der Waals surface area (Å²) < 4.78 is 0. The van der Waals surface area contributed by atoms with Gasteiger partial charge in [0.2, 0.25) is 0 Å². The number of benzene rings is 1. The van der Waals surface area contributed by atoms with Gasteiger partial charge in [0.05, 0.1) is 0 Å². The monoisotopic (exact) mass is 237 g/mol. The molecule has 0 N–H and O–H groups in total. The Kier molecular flexibility index (Phi) is 4.03. The third-order valence-electron chi connectivity index (χ3n) is 2.17. The van der Waals surface area contributed by atoms with Gasteiger partial charge in [-0.3, -0.25) is 4.79 Å². The summed E-state index contributed by atoms with van der Waals surface area (Å²) in [4.78, 5) is 14.7. The van der Waals surface area contributed by atoms with Crippen LogP contribution in [0, 0.1) is 5.41 Å². The highest BCUT2D eigenvalue weighted by Gasteiger charge is 2.18. The van der Waals surface area contributed by atoms with Crippen LogP contribution in [0.1, 0.15) is 31.1 Å². The van der Waals surface area contributed by atoms with Crippen LogP contribution in [-0.4, -0.2) is 24.4 Å². The normalized spacial score (nSPS) is 11.3. The first kappa shape index (κ1) is 13.1. The first-order chi connectivity index (χ1) is 7.29. The summed E-state index contributed by atoms with van der Waals surface area (Å²) in [6.07, 6.45) is 0. The van der Waals surface area contributed by atoms with E-state index in [-0.39, 0.29) is 11.3 Å². The van der Waals surface area contributed by atoms with Crippen molar-refractivity contribution in [3.05, 3.63) is 29.8 Å². The van der Waals surface area contributed by atoms with Crippen molar-refractivity contribution in [2.75, 3.05) is 13.6 Å². The maximum absolute atomic E-state index is 12.0. The van der Waals surface area contributed by atoms with Crippen molar-refractivity contribution in [1.82, 2.24) is 4.90 Å². The number of thiol groups is 1. The molecule has 0 saturated heterocycles. The van der Waals surface area contributed by atoms with E-state index in [2.05, 4.69) is 33.4 Å². The molecule has 0 aliphatic carbocycles. The van der Waals surface area contributed by atoms with E-state index in [4.69, 9.17) is 0 Å². The Morgan fingerprint density at radius 2 is 1.75 bits per heavy atom. The molecule has 0 fully saturated rings. The number of amides is 1. The number of hydrogen-bond donors (Lipinski definition) is 1. The second-order valence-electron chi connectivity index (χ2n) is 5.27. The van der Waals surface area contributed by atoms with Gasteiger partial charge in [0.15, 0.2) is 0 Å². The molecule has 0 saturated carbocycles. The molecule has 1 rings (SSSR count). The largest absolute Gasteiger partial charge is 0.341 e. The lowest BCUT2D eigenvalue weighted by atomic mass is 9.96. The summed E-state index contributed by atoms with van der Waals surface area (Å²) in [5, 5.41) is 0.